The Balaban J connectivity index is 1.42. The van der Waals surface area contributed by atoms with Crippen LogP contribution < -0.4 is 10.5 Å². The Hall–Kier alpha value is -4.24. The number of sulfone groups is 1. The molecule has 2 aliphatic heterocycles. The largest absolute Gasteiger partial charge is 0.494 e. The fourth-order valence-corrected chi connectivity index (χ4v) is 7.29. The number of benzene rings is 1. The highest BCUT2D eigenvalue weighted by atomic mass is 32.2. The van der Waals surface area contributed by atoms with Crippen molar-refractivity contribution in [3.05, 3.63) is 48.1 Å². The van der Waals surface area contributed by atoms with E-state index >= 15 is 0 Å². The molecule has 2 aliphatic rings. The van der Waals surface area contributed by atoms with Gasteiger partial charge in [-0.25, -0.2) is 27.8 Å². The van der Waals surface area contributed by atoms with Gasteiger partial charge in [-0.05, 0) is 37.8 Å². The molecule has 0 aliphatic carbocycles. The standard InChI is InChI=1S/C27H27F2N7O5S/c1-41-19-6-5-17(21(28)22(19)29)26-31-9-14(10-32-26)18-11-33-36-25(30)24(42(2,39)40)23(34-27(18)36)13-7-15-3-4-16(8-13)35(15)20(38)12-37/h5-6,9-11,13,15-16,37H,3-4,7-8,12,30H2,1-2H3/t13?,15-,16+. The Morgan fingerprint density at radius 3 is 2.36 bits per heavy atom. The van der Waals surface area contributed by atoms with Crippen LogP contribution in [0.3, 0.4) is 0 Å². The summed E-state index contributed by atoms with van der Waals surface area (Å²) in [5.41, 5.74) is 7.72. The van der Waals surface area contributed by atoms with Gasteiger partial charge in [-0.3, -0.25) is 4.79 Å². The number of fused-ring (bicyclic) bond motifs is 3. The van der Waals surface area contributed by atoms with Gasteiger partial charge in [0.2, 0.25) is 11.7 Å². The summed E-state index contributed by atoms with van der Waals surface area (Å²) in [6.07, 6.45) is 7.76. The fourth-order valence-electron chi connectivity index (χ4n) is 6.24. The molecule has 5 heterocycles. The van der Waals surface area contributed by atoms with Crippen LogP contribution in [0, 0.1) is 11.6 Å². The highest BCUT2D eigenvalue weighted by molar-refractivity contribution is 7.91. The van der Waals surface area contributed by atoms with E-state index in [0.717, 1.165) is 19.1 Å². The smallest absolute Gasteiger partial charge is 0.248 e. The molecule has 0 saturated carbocycles. The molecule has 2 saturated heterocycles. The minimum absolute atomic E-state index is 0.0542. The molecule has 1 aromatic carbocycles. The lowest BCUT2D eigenvalue weighted by molar-refractivity contribution is -0.138. The van der Waals surface area contributed by atoms with Gasteiger partial charge in [-0.2, -0.15) is 14.0 Å². The molecule has 3 N–H and O–H groups in total. The van der Waals surface area contributed by atoms with Gasteiger partial charge in [0.05, 0.1) is 24.6 Å². The van der Waals surface area contributed by atoms with Crippen LogP contribution in [0.5, 0.6) is 5.75 Å². The van der Waals surface area contributed by atoms with Crippen LogP contribution >= 0.6 is 0 Å². The highest BCUT2D eigenvalue weighted by Crippen LogP contribution is 2.45. The number of anilines is 1. The summed E-state index contributed by atoms with van der Waals surface area (Å²) in [7, 11) is -2.60. The average molecular weight is 600 g/mol. The van der Waals surface area contributed by atoms with Crippen LogP contribution in [0.25, 0.3) is 28.2 Å². The third-order valence-electron chi connectivity index (χ3n) is 8.05. The van der Waals surface area contributed by atoms with Crippen molar-refractivity contribution in [2.75, 3.05) is 25.7 Å². The van der Waals surface area contributed by atoms with Crippen LogP contribution in [0.15, 0.2) is 35.6 Å². The molecule has 0 spiro atoms. The quantitative estimate of drug-likeness (QED) is 0.336. The monoisotopic (exact) mass is 599 g/mol. The lowest BCUT2D eigenvalue weighted by Gasteiger charge is -2.39. The summed E-state index contributed by atoms with van der Waals surface area (Å²) >= 11 is 0. The maximum absolute atomic E-state index is 14.6. The molecule has 12 nitrogen and oxygen atoms in total. The van der Waals surface area contributed by atoms with Crippen LogP contribution in [-0.4, -0.2) is 81.0 Å². The number of ether oxygens (including phenoxy) is 1. The summed E-state index contributed by atoms with van der Waals surface area (Å²) in [4.78, 5) is 27.2. The predicted molar refractivity (Wildman–Crippen MR) is 146 cm³/mol. The van der Waals surface area contributed by atoms with Gasteiger partial charge >= 0.3 is 0 Å². The van der Waals surface area contributed by atoms with Gasteiger partial charge in [0, 0.05) is 47.8 Å². The summed E-state index contributed by atoms with van der Waals surface area (Å²) in [6.45, 7) is -0.580. The molecule has 1 amide bonds. The number of aliphatic hydroxyl groups excluding tert-OH is 1. The number of nitrogens with two attached hydrogens (primary N) is 1. The molecule has 3 aromatic heterocycles. The second kappa shape index (κ2) is 10.2. The molecular weight excluding hydrogens is 572 g/mol. The molecule has 3 atom stereocenters. The summed E-state index contributed by atoms with van der Waals surface area (Å²) < 4.78 is 60.8. The molecule has 6 rings (SSSR count). The van der Waals surface area contributed by atoms with Crippen molar-refractivity contribution in [1.29, 1.82) is 0 Å². The molecule has 1 unspecified atom stereocenters. The Kier molecular flexibility index (Phi) is 6.80. The lowest BCUT2D eigenvalue weighted by Crippen LogP contribution is -2.47. The number of amides is 1. The maximum Gasteiger partial charge on any atom is 0.248 e. The number of piperidine rings is 1. The molecule has 220 valence electrons. The van der Waals surface area contributed by atoms with Crippen LogP contribution in [0.4, 0.5) is 14.6 Å². The van der Waals surface area contributed by atoms with Crippen LogP contribution in [0.2, 0.25) is 0 Å². The third kappa shape index (κ3) is 4.43. The second-order valence-corrected chi connectivity index (χ2v) is 12.5. The second-order valence-electron chi connectivity index (χ2n) is 10.5. The summed E-state index contributed by atoms with van der Waals surface area (Å²) in [6, 6.07) is 2.30. The number of carbonyl (C=O) groups excluding carboxylic acids is 1. The SMILES string of the molecule is COc1ccc(-c2ncc(-c3cnn4c(N)c(S(C)(=O)=O)c(C5C[C@H]6CC[C@@H](C5)N6C(=O)CO)nc34)cn2)c(F)c1F. The van der Waals surface area contributed by atoms with Crippen molar-refractivity contribution in [3.63, 3.8) is 0 Å². The molecule has 15 heteroatoms. The Morgan fingerprint density at radius 2 is 1.76 bits per heavy atom. The third-order valence-corrected chi connectivity index (χ3v) is 9.21. The van der Waals surface area contributed by atoms with Gasteiger partial charge in [-0.15, -0.1) is 0 Å². The number of aromatic nitrogens is 5. The Bertz CT molecular complexity index is 1820. The topological polar surface area (TPSA) is 166 Å². The van der Waals surface area contributed by atoms with Crippen molar-refractivity contribution in [1.82, 2.24) is 29.5 Å². The first kappa shape index (κ1) is 27.9. The number of nitrogens with zero attached hydrogens (tertiary/aromatic N) is 6. The zero-order valence-corrected chi connectivity index (χ0v) is 23.5. The zero-order valence-electron chi connectivity index (χ0n) is 22.7. The average Bonchev–Trinajstić information content (AvgIpc) is 3.51. The van der Waals surface area contributed by atoms with E-state index in [-0.39, 0.29) is 57.4 Å². The normalized spacial score (nSPS) is 20.3. The number of rotatable bonds is 6. The fraction of sp³-hybridized carbons (Fsp3) is 0.370. The first-order valence-electron chi connectivity index (χ1n) is 13.2. The van der Waals surface area contributed by atoms with Crippen molar-refractivity contribution in [2.24, 2.45) is 0 Å². The minimum Gasteiger partial charge on any atom is -0.494 e. The van der Waals surface area contributed by atoms with Gasteiger partial charge < -0.3 is 20.5 Å². The van der Waals surface area contributed by atoms with E-state index in [4.69, 9.17) is 15.5 Å². The van der Waals surface area contributed by atoms with Crippen molar-refractivity contribution >= 4 is 27.2 Å². The van der Waals surface area contributed by atoms with E-state index in [2.05, 4.69) is 15.1 Å². The van der Waals surface area contributed by atoms with E-state index in [9.17, 15) is 27.1 Å². The number of nitrogen functional groups attached to an aromatic ring is 1. The van der Waals surface area contributed by atoms with Crippen LogP contribution in [0.1, 0.15) is 37.3 Å². The number of hydrogen-bond acceptors (Lipinski definition) is 10. The molecular formula is C27H27F2N7O5S. The zero-order chi connectivity index (χ0) is 29.9. The Morgan fingerprint density at radius 1 is 1.10 bits per heavy atom. The van der Waals surface area contributed by atoms with E-state index < -0.39 is 28.1 Å². The van der Waals surface area contributed by atoms with E-state index in [1.54, 1.807) is 4.90 Å². The number of hydrogen-bond donors (Lipinski definition) is 2. The van der Waals surface area contributed by atoms with Gasteiger partial charge in [0.25, 0.3) is 0 Å². The first-order chi connectivity index (χ1) is 20.0. The van der Waals surface area contributed by atoms with Gasteiger partial charge in [0.1, 0.15) is 17.3 Å². The lowest BCUT2D eigenvalue weighted by atomic mass is 9.87. The predicted octanol–water partition coefficient (Wildman–Crippen LogP) is 2.36. The van der Waals surface area contributed by atoms with E-state index in [1.165, 1.54) is 42.3 Å². The molecule has 42 heavy (non-hydrogen) atoms. The van der Waals surface area contributed by atoms with Gasteiger partial charge in [-0.1, -0.05) is 0 Å². The van der Waals surface area contributed by atoms with Crippen molar-refractivity contribution in [2.45, 2.75) is 48.6 Å². The van der Waals surface area contributed by atoms with Crippen molar-refractivity contribution in [3.8, 4) is 28.3 Å². The summed E-state index contributed by atoms with van der Waals surface area (Å²) in [5.74, 6) is -3.35. The molecule has 4 aromatic rings. The van der Waals surface area contributed by atoms with E-state index in [0.29, 0.717) is 29.7 Å². The van der Waals surface area contributed by atoms with Gasteiger partial charge in [0.15, 0.2) is 32.9 Å². The van der Waals surface area contributed by atoms with Crippen LogP contribution in [-0.2, 0) is 14.6 Å². The number of carbonyl (C=O) groups is 1. The molecule has 0 radical (unpaired) electrons. The van der Waals surface area contributed by atoms with Crippen molar-refractivity contribution < 1.29 is 31.8 Å². The Labute approximate surface area is 239 Å². The number of halogens is 2. The number of aliphatic hydroxyl groups is 1. The van der Waals surface area contributed by atoms with E-state index in [1.807, 2.05) is 0 Å². The minimum atomic E-state index is -3.83. The highest BCUT2D eigenvalue weighted by Gasteiger charge is 2.45. The summed E-state index contributed by atoms with van der Waals surface area (Å²) in [5, 5.41) is 13.7. The number of methoxy groups -OCH3 is 1. The molecule has 2 bridgehead atoms. The maximum atomic E-state index is 14.6. The first-order valence-corrected chi connectivity index (χ1v) is 15.1. The molecule has 2 fully saturated rings.